The van der Waals surface area contributed by atoms with Crippen LogP contribution in [-0.2, 0) is 16.3 Å². The lowest BCUT2D eigenvalue weighted by Gasteiger charge is -2.14. The van der Waals surface area contributed by atoms with Gasteiger partial charge < -0.3 is 5.32 Å². The van der Waals surface area contributed by atoms with Gasteiger partial charge in [0.25, 0.3) is 0 Å². The summed E-state index contributed by atoms with van der Waals surface area (Å²) in [6.45, 7) is 6.12. The van der Waals surface area contributed by atoms with E-state index in [1.165, 1.54) is 0 Å². The van der Waals surface area contributed by atoms with Crippen LogP contribution in [0.3, 0.4) is 0 Å². The van der Waals surface area contributed by atoms with Crippen molar-refractivity contribution in [3.63, 3.8) is 0 Å². The molecule has 8 nitrogen and oxygen atoms in total. The predicted octanol–water partition coefficient (Wildman–Crippen LogP) is 2.80. The highest BCUT2D eigenvalue weighted by Gasteiger charge is 2.21. The minimum absolute atomic E-state index is 0.0408. The fourth-order valence-electron chi connectivity index (χ4n) is 2.86. The van der Waals surface area contributed by atoms with Gasteiger partial charge in [0, 0.05) is 11.8 Å². The number of H-pyrrole nitrogens is 1. The van der Waals surface area contributed by atoms with E-state index in [0.717, 1.165) is 5.56 Å². The quantitative estimate of drug-likeness (QED) is 0.538. The SMILES string of the molecule is CCCS(=N)(=O)c1nc(NC(C)C)c2c(n1)[nH]c(=O)n2Cc1ccccc1. The maximum atomic E-state index is 12.7. The molecule has 3 N–H and O–H groups in total. The molecule has 3 rings (SSSR count). The predicted molar refractivity (Wildman–Crippen MR) is 107 cm³/mol. The fraction of sp³-hybridized carbons (Fsp3) is 0.389. The van der Waals surface area contributed by atoms with E-state index in [0.29, 0.717) is 29.9 Å². The third-order valence-electron chi connectivity index (χ3n) is 4.00. The van der Waals surface area contributed by atoms with Gasteiger partial charge in [0.1, 0.15) is 15.2 Å². The Morgan fingerprint density at radius 3 is 2.59 bits per heavy atom. The van der Waals surface area contributed by atoms with Crippen LogP contribution in [0.15, 0.2) is 40.3 Å². The van der Waals surface area contributed by atoms with E-state index in [1.807, 2.05) is 51.1 Å². The van der Waals surface area contributed by atoms with E-state index in [2.05, 4.69) is 20.3 Å². The van der Waals surface area contributed by atoms with Crippen LogP contribution >= 0.6 is 0 Å². The average Bonchev–Trinajstić information content (AvgIpc) is 2.91. The highest BCUT2D eigenvalue weighted by Crippen LogP contribution is 2.22. The van der Waals surface area contributed by atoms with E-state index in [4.69, 9.17) is 4.78 Å². The smallest absolute Gasteiger partial charge is 0.328 e. The molecule has 3 aromatic rings. The van der Waals surface area contributed by atoms with Crippen LogP contribution < -0.4 is 11.0 Å². The summed E-state index contributed by atoms with van der Waals surface area (Å²) < 4.78 is 22.4. The van der Waals surface area contributed by atoms with Crippen LogP contribution in [0, 0.1) is 4.78 Å². The largest absolute Gasteiger partial charge is 0.366 e. The lowest BCUT2D eigenvalue weighted by atomic mass is 10.2. The molecule has 0 fully saturated rings. The van der Waals surface area contributed by atoms with Crippen molar-refractivity contribution in [1.82, 2.24) is 19.5 Å². The molecule has 144 valence electrons. The molecular formula is C18H24N6O2S. The Morgan fingerprint density at radius 1 is 1.26 bits per heavy atom. The van der Waals surface area contributed by atoms with Crippen LogP contribution in [0.25, 0.3) is 11.2 Å². The summed E-state index contributed by atoms with van der Waals surface area (Å²) in [5, 5.41) is 3.15. The average molecular weight is 388 g/mol. The molecular weight excluding hydrogens is 364 g/mol. The number of hydrogen-bond donors (Lipinski definition) is 3. The highest BCUT2D eigenvalue weighted by molar-refractivity contribution is 7.92. The first-order valence-corrected chi connectivity index (χ1v) is 10.6. The Hall–Kier alpha value is -2.68. The lowest BCUT2D eigenvalue weighted by Crippen LogP contribution is -2.19. The van der Waals surface area contributed by atoms with Crippen LogP contribution in [0.5, 0.6) is 0 Å². The third-order valence-corrected chi connectivity index (χ3v) is 5.75. The van der Waals surface area contributed by atoms with Crippen LogP contribution in [0.1, 0.15) is 32.8 Å². The molecule has 0 spiro atoms. The molecule has 1 atom stereocenters. The van der Waals surface area contributed by atoms with E-state index >= 15 is 0 Å². The number of nitrogens with zero attached hydrogens (tertiary/aromatic N) is 3. The molecule has 9 heteroatoms. The molecule has 2 aromatic heterocycles. The van der Waals surface area contributed by atoms with Gasteiger partial charge in [0.15, 0.2) is 11.5 Å². The fourth-order valence-corrected chi connectivity index (χ4v) is 4.10. The second-order valence-corrected chi connectivity index (χ2v) is 8.86. The summed E-state index contributed by atoms with van der Waals surface area (Å²) in [4.78, 5) is 23.9. The lowest BCUT2D eigenvalue weighted by molar-refractivity contribution is 0.665. The normalized spacial score (nSPS) is 13.8. The van der Waals surface area contributed by atoms with Crippen molar-refractivity contribution >= 4 is 26.7 Å². The number of aromatic amines is 1. The van der Waals surface area contributed by atoms with Crippen LogP contribution in [-0.4, -0.2) is 35.5 Å². The standard InChI is InChI=1S/C18H24N6O2S/c1-4-10-27(19,26)17-21-15(20-12(2)3)14-16(22-17)23-18(25)24(14)11-13-8-6-5-7-9-13/h5-9,12,19H,4,10-11H2,1-3H3,(H2,20,21,22,23,25). The Balaban J connectivity index is 2.21. The molecule has 0 aliphatic rings. The van der Waals surface area contributed by atoms with Gasteiger partial charge in [-0.25, -0.2) is 18.8 Å². The van der Waals surface area contributed by atoms with Crippen LogP contribution in [0.4, 0.5) is 5.82 Å². The molecule has 0 radical (unpaired) electrons. The topological polar surface area (TPSA) is 117 Å². The Morgan fingerprint density at radius 2 is 1.96 bits per heavy atom. The first kappa shape index (κ1) is 19.1. The van der Waals surface area contributed by atoms with Gasteiger partial charge in [-0.2, -0.15) is 4.98 Å². The number of anilines is 1. The van der Waals surface area contributed by atoms with Crippen molar-refractivity contribution in [3.8, 4) is 0 Å². The molecule has 0 bridgehead atoms. The van der Waals surface area contributed by atoms with Crippen LogP contribution in [0.2, 0.25) is 0 Å². The Labute approximate surface area is 158 Å². The number of benzene rings is 1. The van der Waals surface area contributed by atoms with Gasteiger partial charge >= 0.3 is 5.69 Å². The van der Waals surface area contributed by atoms with Gasteiger partial charge in [0.2, 0.25) is 5.16 Å². The van der Waals surface area contributed by atoms with Crippen molar-refractivity contribution in [3.05, 3.63) is 46.4 Å². The summed E-state index contributed by atoms with van der Waals surface area (Å²) in [5.41, 5.74) is 1.46. The number of fused-ring (bicyclic) bond motifs is 1. The minimum Gasteiger partial charge on any atom is -0.366 e. The van der Waals surface area contributed by atoms with E-state index < -0.39 is 9.73 Å². The first-order chi connectivity index (χ1) is 12.8. The zero-order chi connectivity index (χ0) is 19.6. The maximum Gasteiger partial charge on any atom is 0.328 e. The minimum atomic E-state index is -3.12. The first-order valence-electron chi connectivity index (χ1n) is 8.89. The summed E-state index contributed by atoms with van der Waals surface area (Å²) in [6, 6.07) is 9.66. The number of hydrogen-bond acceptors (Lipinski definition) is 6. The second kappa shape index (κ2) is 7.51. The molecule has 1 aromatic carbocycles. The van der Waals surface area contributed by atoms with Gasteiger partial charge in [-0.05, 0) is 25.8 Å². The number of aromatic nitrogens is 4. The summed E-state index contributed by atoms with van der Waals surface area (Å²) >= 11 is 0. The number of imidazole rings is 1. The zero-order valence-corrected chi connectivity index (χ0v) is 16.5. The summed E-state index contributed by atoms with van der Waals surface area (Å²) in [7, 11) is -3.12. The third kappa shape index (κ3) is 4.02. The van der Waals surface area contributed by atoms with Gasteiger partial charge in [-0.1, -0.05) is 37.3 Å². The van der Waals surface area contributed by atoms with Crippen molar-refractivity contribution < 1.29 is 4.21 Å². The number of rotatable bonds is 7. The Bertz CT molecular complexity index is 1100. The monoisotopic (exact) mass is 388 g/mol. The molecule has 2 heterocycles. The molecule has 0 aliphatic heterocycles. The highest BCUT2D eigenvalue weighted by atomic mass is 32.2. The van der Waals surface area contributed by atoms with Gasteiger partial charge in [0.05, 0.1) is 6.54 Å². The zero-order valence-electron chi connectivity index (χ0n) is 15.7. The van der Waals surface area contributed by atoms with Crippen molar-refractivity contribution in [2.24, 2.45) is 0 Å². The Kier molecular flexibility index (Phi) is 5.31. The maximum absolute atomic E-state index is 12.7. The number of nitrogens with one attached hydrogen (secondary N) is 3. The molecule has 0 aliphatic carbocycles. The molecule has 0 saturated heterocycles. The van der Waals surface area contributed by atoms with Crippen molar-refractivity contribution in [2.45, 2.75) is 44.9 Å². The van der Waals surface area contributed by atoms with E-state index in [-0.39, 0.29) is 22.6 Å². The second-order valence-electron chi connectivity index (χ2n) is 6.73. The molecule has 0 saturated carbocycles. The van der Waals surface area contributed by atoms with Gasteiger partial charge in [-0.3, -0.25) is 9.55 Å². The summed E-state index contributed by atoms with van der Waals surface area (Å²) in [6.07, 6.45) is 0.586. The van der Waals surface area contributed by atoms with Gasteiger partial charge in [-0.15, -0.1) is 0 Å². The van der Waals surface area contributed by atoms with E-state index in [1.54, 1.807) is 4.57 Å². The van der Waals surface area contributed by atoms with Crippen molar-refractivity contribution in [1.29, 1.82) is 4.78 Å². The van der Waals surface area contributed by atoms with E-state index in [9.17, 15) is 9.00 Å². The summed E-state index contributed by atoms with van der Waals surface area (Å²) in [5.74, 6) is 0.588. The van der Waals surface area contributed by atoms with Crippen molar-refractivity contribution in [2.75, 3.05) is 11.1 Å². The molecule has 1 unspecified atom stereocenters. The molecule has 0 amide bonds. The molecule has 27 heavy (non-hydrogen) atoms.